The zero-order chi connectivity index (χ0) is 31.8. The van der Waals surface area contributed by atoms with Gasteiger partial charge in [-0.25, -0.2) is 14.7 Å². The number of hydrogen-bond acceptors (Lipinski definition) is 7. The van der Waals surface area contributed by atoms with Crippen molar-refractivity contribution in [2.75, 3.05) is 19.8 Å². The monoisotopic (exact) mass is 608 g/mol. The lowest BCUT2D eigenvalue weighted by Crippen LogP contribution is -2.47. The van der Waals surface area contributed by atoms with Gasteiger partial charge in [0.15, 0.2) is 0 Å². The lowest BCUT2D eigenvalue weighted by molar-refractivity contribution is -0.141. The minimum Gasteiger partial charge on any atom is -0.493 e. The van der Waals surface area contributed by atoms with Crippen molar-refractivity contribution in [3.63, 3.8) is 0 Å². The second kappa shape index (κ2) is 14.9. The normalized spacial score (nSPS) is 15.1. The van der Waals surface area contributed by atoms with Crippen LogP contribution in [-0.4, -0.2) is 53.9 Å². The summed E-state index contributed by atoms with van der Waals surface area (Å²) in [6.45, 7) is 10.6. The molecule has 8 nitrogen and oxygen atoms in total. The molecule has 0 spiro atoms. The Morgan fingerprint density at radius 1 is 1.02 bits per heavy atom. The van der Waals surface area contributed by atoms with Gasteiger partial charge >= 0.3 is 6.09 Å². The molecule has 45 heavy (non-hydrogen) atoms. The van der Waals surface area contributed by atoms with E-state index in [0.29, 0.717) is 44.8 Å². The van der Waals surface area contributed by atoms with Gasteiger partial charge in [0.25, 0.3) is 5.91 Å². The molecule has 4 aromatic rings. The maximum Gasteiger partial charge on any atom is 0.417 e. The first kappa shape index (κ1) is 31.7. The fraction of sp³-hybridized carbons (Fsp3) is 0.324. The van der Waals surface area contributed by atoms with Crippen molar-refractivity contribution in [1.82, 2.24) is 9.88 Å². The zero-order valence-electron chi connectivity index (χ0n) is 26.2. The standard InChI is InChI=1S/C37H40N2O6/c1-5-6-18-42-33(36(40)39-31(24-44-37(39)41)22-28-13-9-7-10-14-28)23-29-20-25(2)34(26(3)21-29)43-19-17-32-27(4)45-35(38-32)30-15-11-8-12-16-30/h5,7-16,20-21,31,33H,1,6,17-19,22-24H2,2-4H3/t31?,33-/m0/s1. The van der Waals surface area contributed by atoms with E-state index in [1.165, 1.54) is 4.90 Å². The molecular formula is C37H40N2O6. The van der Waals surface area contributed by atoms with Crippen LogP contribution in [-0.2, 0) is 33.5 Å². The lowest BCUT2D eigenvalue weighted by Gasteiger charge is -2.25. The van der Waals surface area contributed by atoms with E-state index >= 15 is 0 Å². The number of oxazole rings is 1. The molecule has 2 amide bonds. The summed E-state index contributed by atoms with van der Waals surface area (Å²) >= 11 is 0. The Morgan fingerprint density at radius 3 is 2.40 bits per heavy atom. The van der Waals surface area contributed by atoms with Gasteiger partial charge in [0.2, 0.25) is 5.89 Å². The van der Waals surface area contributed by atoms with Gasteiger partial charge < -0.3 is 18.6 Å². The van der Waals surface area contributed by atoms with Gasteiger partial charge in [-0.3, -0.25) is 4.79 Å². The van der Waals surface area contributed by atoms with Crippen LogP contribution < -0.4 is 4.74 Å². The predicted octanol–water partition coefficient (Wildman–Crippen LogP) is 6.98. The topological polar surface area (TPSA) is 91.1 Å². The maximum atomic E-state index is 13.8. The van der Waals surface area contributed by atoms with Gasteiger partial charge in [0.1, 0.15) is 24.2 Å². The molecule has 3 aromatic carbocycles. The van der Waals surface area contributed by atoms with E-state index in [-0.39, 0.29) is 6.61 Å². The van der Waals surface area contributed by atoms with E-state index in [2.05, 4.69) is 11.6 Å². The number of nitrogens with zero attached hydrogens (tertiary/aromatic N) is 2. The number of aryl methyl sites for hydroxylation is 3. The fourth-order valence-electron chi connectivity index (χ4n) is 5.65. The van der Waals surface area contributed by atoms with E-state index in [1.54, 1.807) is 6.08 Å². The smallest absolute Gasteiger partial charge is 0.417 e. The average molecular weight is 609 g/mol. The van der Waals surface area contributed by atoms with Gasteiger partial charge in [-0.05, 0) is 68.0 Å². The summed E-state index contributed by atoms with van der Waals surface area (Å²) in [6.07, 6.45) is 2.27. The van der Waals surface area contributed by atoms with Crippen LogP contribution in [0.15, 0.2) is 89.9 Å². The first-order chi connectivity index (χ1) is 21.8. The third kappa shape index (κ3) is 7.88. The van der Waals surface area contributed by atoms with E-state index in [9.17, 15) is 9.59 Å². The summed E-state index contributed by atoms with van der Waals surface area (Å²) in [5.41, 5.74) is 5.65. The van der Waals surface area contributed by atoms with Crippen molar-refractivity contribution in [1.29, 1.82) is 0 Å². The summed E-state index contributed by atoms with van der Waals surface area (Å²) in [5.74, 6) is 1.79. The second-order valence-corrected chi connectivity index (χ2v) is 11.3. The molecule has 1 aliphatic rings. The van der Waals surface area contributed by atoms with Gasteiger partial charge in [0, 0.05) is 18.4 Å². The summed E-state index contributed by atoms with van der Waals surface area (Å²) in [6, 6.07) is 23.2. The van der Waals surface area contributed by atoms with Crippen molar-refractivity contribution < 1.29 is 28.2 Å². The molecule has 2 heterocycles. The fourth-order valence-corrected chi connectivity index (χ4v) is 5.65. The highest BCUT2D eigenvalue weighted by molar-refractivity contribution is 5.96. The number of carbonyl (C=O) groups is 2. The first-order valence-electron chi connectivity index (χ1n) is 15.3. The largest absolute Gasteiger partial charge is 0.493 e. The van der Waals surface area contributed by atoms with Gasteiger partial charge in [-0.2, -0.15) is 0 Å². The number of rotatable bonds is 14. The van der Waals surface area contributed by atoms with Crippen LogP contribution >= 0.6 is 0 Å². The first-order valence-corrected chi connectivity index (χ1v) is 15.3. The van der Waals surface area contributed by atoms with Crippen molar-refractivity contribution in [2.24, 2.45) is 0 Å². The Balaban J connectivity index is 1.26. The lowest BCUT2D eigenvalue weighted by atomic mass is 9.99. The minimum atomic E-state index is -0.853. The van der Waals surface area contributed by atoms with Crippen LogP contribution in [0.5, 0.6) is 5.75 Å². The average Bonchev–Trinajstić information content (AvgIpc) is 3.59. The molecule has 5 rings (SSSR count). The molecule has 0 N–H and O–H groups in total. The van der Waals surface area contributed by atoms with Crippen LogP contribution in [0, 0.1) is 20.8 Å². The highest BCUT2D eigenvalue weighted by atomic mass is 16.6. The molecule has 1 unspecified atom stereocenters. The van der Waals surface area contributed by atoms with E-state index in [1.807, 2.05) is 93.6 Å². The molecule has 1 fully saturated rings. The van der Waals surface area contributed by atoms with Crippen LogP contribution in [0.1, 0.15) is 40.1 Å². The molecule has 1 aromatic heterocycles. The number of carbonyl (C=O) groups excluding carboxylic acids is 2. The van der Waals surface area contributed by atoms with Crippen molar-refractivity contribution in [3.8, 4) is 17.2 Å². The Hall–Kier alpha value is -4.69. The number of benzene rings is 3. The molecule has 1 aliphatic heterocycles. The Labute approximate surface area is 264 Å². The summed E-state index contributed by atoms with van der Waals surface area (Å²) in [7, 11) is 0. The number of ether oxygens (including phenoxy) is 3. The molecule has 0 aliphatic carbocycles. The quantitative estimate of drug-likeness (QED) is 0.113. The molecule has 234 valence electrons. The third-order valence-electron chi connectivity index (χ3n) is 7.87. The van der Waals surface area contributed by atoms with Crippen molar-refractivity contribution in [2.45, 2.75) is 58.6 Å². The third-order valence-corrected chi connectivity index (χ3v) is 7.87. The molecule has 0 bridgehead atoms. The van der Waals surface area contributed by atoms with E-state index < -0.39 is 24.1 Å². The highest BCUT2D eigenvalue weighted by Crippen LogP contribution is 2.28. The maximum absolute atomic E-state index is 13.8. The molecular weight excluding hydrogens is 568 g/mol. The molecule has 8 heteroatoms. The SMILES string of the molecule is C=CCCO[C@@H](Cc1cc(C)c(OCCc2nc(-c3ccccc3)oc2C)c(C)c1)C(=O)N1C(=O)OCC1Cc1ccccc1. The van der Waals surface area contributed by atoms with Gasteiger partial charge in [-0.1, -0.05) is 66.7 Å². The zero-order valence-corrected chi connectivity index (χ0v) is 26.2. The number of cyclic esters (lactones) is 1. The number of aromatic nitrogens is 1. The van der Waals surface area contributed by atoms with Crippen molar-refractivity contribution >= 4 is 12.0 Å². The number of hydrogen-bond donors (Lipinski definition) is 0. The second-order valence-electron chi connectivity index (χ2n) is 11.3. The summed E-state index contributed by atoms with van der Waals surface area (Å²) in [4.78, 5) is 32.5. The van der Waals surface area contributed by atoms with Gasteiger partial charge in [0.05, 0.1) is 24.9 Å². The predicted molar refractivity (Wildman–Crippen MR) is 172 cm³/mol. The number of amides is 2. The van der Waals surface area contributed by atoms with Crippen LogP contribution in [0.3, 0.4) is 0 Å². The Bertz CT molecular complexity index is 1590. The number of imide groups is 1. The highest BCUT2D eigenvalue weighted by Gasteiger charge is 2.41. The summed E-state index contributed by atoms with van der Waals surface area (Å²) in [5, 5.41) is 0. The van der Waals surface area contributed by atoms with Crippen molar-refractivity contribution in [3.05, 3.63) is 119 Å². The molecule has 2 atom stereocenters. The van der Waals surface area contributed by atoms with E-state index in [0.717, 1.165) is 45.0 Å². The molecule has 0 saturated carbocycles. The van der Waals surface area contributed by atoms with Crippen LogP contribution in [0.25, 0.3) is 11.5 Å². The van der Waals surface area contributed by atoms with Crippen LogP contribution in [0.4, 0.5) is 4.79 Å². The van der Waals surface area contributed by atoms with E-state index in [4.69, 9.17) is 18.6 Å². The minimum absolute atomic E-state index is 0.157. The van der Waals surface area contributed by atoms with Gasteiger partial charge in [-0.15, -0.1) is 6.58 Å². The Morgan fingerprint density at radius 2 is 1.71 bits per heavy atom. The summed E-state index contributed by atoms with van der Waals surface area (Å²) < 4.78 is 23.5. The molecule has 1 saturated heterocycles. The Kier molecular flexibility index (Phi) is 10.5. The molecule has 0 radical (unpaired) electrons. The van der Waals surface area contributed by atoms with Crippen LogP contribution in [0.2, 0.25) is 0 Å².